The number of ether oxygens (including phenoxy) is 1. The molecule has 0 saturated heterocycles. The number of alkyl halides is 6. The van der Waals surface area contributed by atoms with E-state index in [0.717, 1.165) is 0 Å². The fourth-order valence-corrected chi connectivity index (χ4v) is 1.94. The van der Waals surface area contributed by atoms with Gasteiger partial charge in [-0.25, -0.2) is 0 Å². The number of halogens is 6. The normalized spacial score (nSPS) is 11.9. The van der Waals surface area contributed by atoms with Gasteiger partial charge in [-0.3, -0.25) is 0 Å². The van der Waals surface area contributed by atoms with Crippen LogP contribution in [0.3, 0.4) is 0 Å². The summed E-state index contributed by atoms with van der Waals surface area (Å²) in [6.45, 7) is -0.457. The van der Waals surface area contributed by atoms with Crippen LogP contribution in [0.25, 0.3) is 0 Å². The number of hydrogen-bond acceptors (Lipinski definition) is 1. The third kappa shape index (κ3) is 4.44. The molecule has 7 heteroatoms. The molecule has 24 heavy (non-hydrogen) atoms. The Morgan fingerprint density at radius 2 is 1.46 bits per heavy atom. The minimum Gasteiger partial charge on any atom is -0.489 e. The first-order chi connectivity index (χ1) is 11.1. The van der Waals surface area contributed by atoms with E-state index in [2.05, 4.69) is 5.92 Å². The van der Waals surface area contributed by atoms with Crippen molar-refractivity contribution in [3.63, 3.8) is 0 Å². The van der Waals surface area contributed by atoms with E-state index >= 15 is 0 Å². The first-order valence-electron chi connectivity index (χ1n) is 6.57. The Kier molecular flexibility index (Phi) is 4.78. The fourth-order valence-electron chi connectivity index (χ4n) is 1.94. The molecule has 0 saturated carbocycles. The van der Waals surface area contributed by atoms with Crippen molar-refractivity contribution in [3.05, 3.63) is 64.7 Å². The number of hydrogen-bond donors (Lipinski definition) is 0. The Hall–Kier alpha value is -2.62. The van der Waals surface area contributed by atoms with Crippen molar-refractivity contribution in [2.75, 3.05) is 0 Å². The van der Waals surface area contributed by atoms with Crippen molar-refractivity contribution in [2.24, 2.45) is 0 Å². The Labute approximate surface area is 133 Å². The van der Waals surface area contributed by atoms with Gasteiger partial charge in [0.25, 0.3) is 0 Å². The zero-order valence-electron chi connectivity index (χ0n) is 12.0. The summed E-state index contributed by atoms with van der Waals surface area (Å²) in [5.41, 5.74) is -2.53. The van der Waals surface area contributed by atoms with Crippen LogP contribution in [-0.4, -0.2) is 0 Å². The quantitative estimate of drug-likeness (QED) is 0.543. The average Bonchev–Trinajstić information content (AvgIpc) is 2.51. The van der Waals surface area contributed by atoms with Gasteiger partial charge in [0.05, 0.1) is 11.1 Å². The summed E-state index contributed by atoms with van der Waals surface area (Å²) in [4.78, 5) is 0. The molecule has 1 nitrogen and oxygen atoms in total. The highest BCUT2D eigenvalue weighted by Gasteiger charge is 2.36. The second kappa shape index (κ2) is 6.48. The zero-order chi connectivity index (χ0) is 18.0. The fraction of sp³-hybridized carbons (Fsp3) is 0.176. The molecule has 0 amide bonds. The minimum atomic E-state index is -4.89. The average molecular weight is 344 g/mol. The van der Waals surface area contributed by atoms with Crippen molar-refractivity contribution in [1.29, 1.82) is 0 Å². The molecule has 0 unspecified atom stereocenters. The lowest BCUT2D eigenvalue weighted by atomic mass is 10.1. The molecule has 0 heterocycles. The summed E-state index contributed by atoms with van der Waals surface area (Å²) in [5, 5.41) is 0. The second-order valence-electron chi connectivity index (χ2n) is 4.87. The third-order valence-electron chi connectivity index (χ3n) is 3.05. The molecule has 0 aliphatic carbocycles. The molecular formula is C17H10F6O. The highest BCUT2D eigenvalue weighted by molar-refractivity contribution is 5.39. The van der Waals surface area contributed by atoms with Gasteiger partial charge in [-0.05, 0) is 42.0 Å². The van der Waals surface area contributed by atoms with Crippen molar-refractivity contribution in [3.8, 4) is 18.1 Å². The van der Waals surface area contributed by atoms with E-state index in [1.165, 1.54) is 12.1 Å². The van der Waals surface area contributed by atoms with Gasteiger partial charge in [-0.15, -0.1) is 6.42 Å². The van der Waals surface area contributed by atoms with E-state index in [1.54, 1.807) is 12.1 Å². The molecule has 126 valence electrons. The first kappa shape index (κ1) is 17.7. The Balaban J connectivity index is 2.30. The van der Waals surface area contributed by atoms with Crippen molar-refractivity contribution in [2.45, 2.75) is 19.0 Å². The summed E-state index contributed by atoms with van der Waals surface area (Å²) in [6, 6.07) is 7.46. The number of benzene rings is 2. The van der Waals surface area contributed by atoms with E-state index in [1.807, 2.05) is 0 Å². The monoisotopic (exact) mass is 344 g/mol. The van der Waals surface area contributed by atoms with Crippen LogP contribution < -0.4 is 4.74 Å². The number of terminal acetylenes is 1. The predicted octanol–water partition coefficient (Wildman–Crippen LogP) is 5.28. The summed E-state index contributed by atoms with van der Waals surface area (Å²) in [7, 11) is 0. The van der Waals surface area contributed by atoms with Crippen molar-refractivity contribution < 1.29 is 31.1 Å². The summed E-state index contributed by atoms with van der Waals surface area (Å²) < 4.78 is 81.8. The molecule has 0 fully saturated rings. The highest BCUT2D eigenvalue weighted by atomic mass is 19.4. The van der Waals surface area contributed by atoms with Gasteiger partial charge in [-0.1, -0.05) is 12.0 Å². The molecule has 0 bridgehead atoms. The van der Waals surface area contributed by atoms with Crippen LogP contribution in [0.15, 0.2) is 42.5 Å². The van der Waals surface area contributed by atoms with Gasteiger partial charge in [0, 0.05) is 5.56 Å². The van der Waals surface area contributed by atoms with Gasteiger partial charge in [0.2, 0.25) is 0 Å². The largest absolute Gasteiger partial charge is 0.489 e. The standard InChI is InChI=1S/C17H10F6O/c1-2-11-4-3-5-15(8-11)24-10-12-6-13(16(18,19)20)9-14(7-12)17(21,22)23/h1,3-9H,10H2. The SMILES string of the molecule is C#Cc1cccc(OCc2cc(C(F)(F)F)cc(C(F)(F)F)c2)c1. The zero-order valence-corrected chi connectivity index (χ0v) is 12.0. The van der Waals surface area contributed by atoms with Gasteiger partial charge in [0.15, 0.2) is 0 Å². The van der Waals surface area contributed by atoms with E-state index in [9.17, 15) is 26.3 Å². The van der Waals surface area contributed by atoms with Crippen LogP contribution in [0.1, 0.15) is 22.3 Å². The van der Waals surface area contributed by atoms with Crippen LogP contribution in [0, 0.1) is 12.3 Å². The van der Waals surface area contributed by atoms with E-state index in [4.69, 9.17) is 11.2 Å². The molecule has 0 atom stereocenters. The Bertz CT molecular complexity index is 736. The maximum atomic E-state index is 12.8. The molecule has 0 aromatic heterocycles. The molecular weight excluding hydrogens is 334 g/mol. The van der Waals surface area contributed by atoms with Crippen molar-refractivity contribution >= 4 is 0 Å². The van der Waals surface area contributed by atoms with Crippen LogP contribution in [-0.2, 0) is 19.0 Å². The molecule has 0 radical (unpaired) electrons. The smallest absolute Gasteiger partial charge is 0.416 e. The van der Waals surface area contributed by atoms with Crippen LogP contribution in [0.2, 0.25) is 0 Å². The Morgan fingerprint density at radius 3 is 1.96 bits per heavy atom. The van der Waals surface area contributed by atoms with Crippen molar-refractivity contribution in [1.82, 2.24) is 0 Å². The Morgan fingerprint density at radius 1 is 0.875 bits per heavy atom. The number of rotatable bonds is 3. The van der Waals surface area contributed by atoms with E-state index < -0.39 is 30.1 Å². The maximum absolute atomic E-state index is 12.8. The lowest BCUT2D eigenvalue weighted by molar-refractivity contribution is -0.143. The van der Waals surface area contributed by atoms with Crippen LogP contribution in [0.4, 0.5) is 26.3 Å². The lowest BCUT2D eigenvalue weighted by Gasteiger charge is -2.14. The molecule has 0 aliphatic heterocycles. The minimum absolute atomic E-state index is 0.0719. The molecule has 0 aliphatic rings. The van der Waals surface area contributed by atoms with Crippen LogP contribution in [0.5, 0.6) is 5.75 Å². The molecule has 2 aromatic carbocycles. The second-order valence-corrected chi connectivity index (χ2v) is 4.87. The molecule has 2 rings (SSSR count). The van der Waals surface area contributed by atoms with Crippen LogP contribution >= 0.6 is 0 Å². The lowest BCUT2D eigenvalue weighted by Crippen LogP contribution is -2.12. The van der Waals surface area contributed by atoms with Gasteiger partial charge in [-0.2, -0.15) is 26.3 Å². The van der Waals surface area contributed by atoms with E-state index in [0.29, 0.717) is 17.7 Å². The molecule has 2 aromatic rings. The first-order valence-corrected chi connectivity index (χ1v) is 6.57. The summed E-state index contributed by atoms with van der Waals surface area (Å²) >= 11 is 0. The summed E-state index contributed by atoms with van der Waals surface area (Å²) in [5.74, 6) is 2.59. The topological polar surface area (TPSA) is 9.23 Å². The summed E-state index contributed by atoms with van der Waals surface area (Å²) in [6.07, 6.45) is -4.57. The highest BCUT2D eigenvalue weighted by Crippen LogP contribution is 2.36. The third-order valence-corrected chi connectivity index (χ3v) is 3.05. The predicted molar refractivity (Wildman–Crippen MR) is 75.2 cm³/mol. The maximum Gasteiger partial charge on any atom is 0.416 e. The van der Waals surface area contributed by atoms with Gasteiger partial charge >= 0.3 is 12.4 Å². The van der Waals surface area contributed by atoms with E-state index in [-0.39, 0.29) is 17.4 Å². The molecule has 0 N–H and O–H groups in total. The van der Waals surface area contributed by atoms with Gasteiger partial charge in [0.1, 0.15) is 12.4 Å². The van der Waals surface area contributed by atoms with Gasteiger partial charge < -0.3 is 4.74 Å². The molecule has 0 spiro atoms.